The van der Waals surface area contributed by atoms with Crippen LogP contribution in [0.5, 0.6) is 0 Å². The van der Waals surface area contributed by atoms with E-state index in [2.05, 4.69) is 15.0 Å². The van der Waals surface area contributed by atoms with E-state index in [0.717, 1.165) is 0 Å². The molecule has 0 aromatic carbocycles. The zero-order valence-corrected chi connectivity index (χ0v) is 6.11. The zero-order valence-electron chi connectivity index (χ0n) is 6.11. The number of nitrogens with zero attached hydrogens (tertiary/aromatic N) is 2. The summed E-state index contributed by atoms with van der Waals surface area (Å²) in [6, 6.07) is 1.60. The van der Waals surface area contributed by atoms with Crippen LogP contribution in [0.15, 0.2) is 18.6 Å². The van der Waals surface area contributed by atoms with Gasteiger partial charge >= 0.3 is 0 Å². The highest BCUT2D eigenvalue weighted by atomic mass is 16.1. The number of fused-ring (bicyclic) bond motifs is 1. The van der Waals surface area contributed by atoms with Gasteiger partial charge in [0.1, 0.15) is 12.0 Å². The number of amides is 1. The zero-order chi connectivity index (χ0) is 8.55. The molecule has 5 heteroatoms. The van der Waals surface area contributed by atoms with Gasteiger partial charge in [0.05, 0.1) is 17.2 Å². The van der Waals surface area contributed by atoms with Gasteiger partial charge in [-0.1, -0.05) is 0 Å². The van der Waals surface area contributed by atoms with Gasteiger partial charge in [-0.15, -0.1) is 0 Å². The van der Waals surface area contributed by atoms with Crippen LogP contribution < -0.4 is 5.73 Å². The Morgan fingerprint density at radius 3 is 3.08 bits per heavy atom. The summed E-state index contributed by atoms with van der Waals surface area (Å²) in [4.78, 5) is 21.2. The van der Waals surface area contributed by atoms with Crippen molar-refractivity contribution >= 4 is 16.9 Å². The fourth-order valence-electron chi connectivity index (χ4n) is 1.00. The third kappa shape index (κ3) is 0.914. The summed E-state index contributed by atoms with van der Waals surface area (Å²) < 4.78 is 0. The number of hydrogen-bond acceptors (Lipinski definition) is 3. The van der Waals surface area contributed by atoms with Crippen LogP contribution in [-0.4, -0.2) is 20.9 Å². The lowest BCUT2D eigenvalue weighted by atomic mass is 10.4. The molecule has 0 saturated carbocycles. The van der Waals surface area contributed by atoms with Crippen molar-refractivity contribution in [3.05, 3.63) is 24.3 Å². The first-order chi connectivity index (χ1) is 5.77. The highest BCUT2D eigenvalue weighted by Crippen LogP contribution is 2.09. The van der Waals surface area contributed by atoms with Gasteiger partial charge in [0.2, 0.25) is 0 Å². The fourth-order valence-corrected chi connectivity index (χ4v) is 1.00. The molecule has 0 fully saturated rings. The molecule has 5 nitrogen and oxygen atoms in total. The maximum absolute atomic E-state index is 10.7. The second-order valence-electron chi connectivity index (χ2n) is 2.37. The molecule has 1 amide bonds. The maximum Gasteiger partial charge on any atom is 0.265 e. The van der Waals surface area contributed by atoms with Crippen LogP contribution in [0, 0.1) is 0 Å². The van der Waals surface area contributed by atoms with Crippen molar-refractivity contribution in [2.75, 3.05) is 0 Å². The van der Waals surface area contributed by atoms with Crippen molar-refractivity contribution in [3.8, 4) is 0 Å². The molecule has 60 valence electrons. The van der Waals surface area contributed by atoms with Gasteiger partial charge in [-0.3, -0.25) is 4.79 Å². The van der Waals surface area contributed by atoms with Crippen molar-refractivity contribution in [1.82, 2.24) is 15.0 Å². The largest absolute Gasteiger partial charge is 0.364 e. The number of hydrogen-bond donors (Lipinski definition) is 2. The second kappa shape index (κ2) is 2.30. The third-order valence-electron chi connectivity index (χ3n) is 1.56. The Kier molecular flexibility index (Phi) is 1.30. The number of rotatable bonds is 1. The molecule has 0 unspecified atom stereocenters. The van der Waals surface area contributed by atoms with Crippen molar-refractivity contribution in [3.63, 3.8) is 0 Å². The van der Waals surface area contributed by atoms with Crippen LogP contribution in [0.1, 0.15) is 10.5 Å². The van der Waals surface area contributed by atoms with Crippen LogP contribution in [0.3, 0.4) is 0 Å². The standard InChI is InChI=1S/C7H6N4O/c8-7(12)5-1-4-6(11-5)2-9-3-10-4/h1-3,11H,(H2,8,12). The Balaban J connectivity index is 2.70. The number of nitrogens with two attached hydrogens (primary N) is 1. The molecule has 0 aliphatic rings. The minimum Gasteiger partial charge on any atom is -0.364 e. The molecule has 0 aliphatic carbocycles. The molecule has 0 spiro atoms. The molecule has 0 aliphatic heterocycles. The maximum atomic E-state index is 10.7. The van der Waals surface area contributed by atoms with Gasteiger partial charge in [0, 0.05) is 0 Å². The number of carbonyl (C=O) groups excluding carboxylic acids is 1. The summed E-state index contributed by atoms with van der Waals surface area (Å²) in [6.45, 7) is 0. The molecule has 0 radical (unpaired) electrons. The minimum absolute atomic E-state index is 0.352. The van der Waals surface area contributed by atoms with Crippen molar-refractivity contribution in [1.29, 1.82) is 0 Å². The molecule has 2 aromatic rings. The van der Waals surface area contributed by atoms with E-state index in [9.17, 15) is 4.79 Å². The molecule has 2 rings (SSSR count). The van der Waals surface area contributed by atoms with Gasteiger partial charge in [-0.05, 0) is 6.07 Å². The fraction of sp³-hybridized carbons (Fsp3) is 0. The van der Waals surface area contributed by atoms with Crippen molar-refractivity contribution in [2.45, 2.75) is 0 Å². The lowest BCUT2D eigenvalue weighted by Gasteiger charge is -1.84. The van der Waals surface area contributed by atoms with Crippen molar-refractivity contribution < 1.29 is 4.79 Å². The first-order valence-electron chi connectivity index (χ1n) is 3.36. The number of nitrogens with one attached hydrogen (secondary N) is 1. The topological polar surface area (TPSA) is 84.7 Å². The summed E-state index contributed by atoms with van der Waals surface area (Å²) >= 11 is 0. The lowest BCUT2D eigenvalue weighted by Crippen LogP contribution is -2.10. The summed E-state index contributed by atoms with van der Waals surface area (Å²) in [6.07, 6.45) is 3.01. The summed E-state index contributed by atoms with van der Waals surface area (Å²) in [5, 5.41) is 0. The Labute approximate surface area is 67.6 Å². The monoisotopic (exact) mass is 162 g/mol. The average Bonchev–Trinajstić information content (AvgIpc) is 2.46. The Morgan fingerprint density at radius 1 is 1.58 bits per heavy atom. The SMILES string of the molecule is NC(=O)c1cc2ncncc2[nH]1. The van der Waals surface area contributed by atoms with Crippen LogP contribution in [0.25, 0.3) is 11.0 Å². The number of primary amides is 1. The molecule has 0 saturated heterocycles. The van der Waals surface area contributed by atoms with Crippen LogP contribution in [0.4, 0.5) is 0 Å². The number of carbonyl (C=O) groups is 1. The normalized spacial score (nSPS) is 10.3. The number of H-pyrrole nitrogens is 1. The second-order valence-corrected chi connectivity index (χ2v) is 2.37. The van der Waals surface area contributed by atoms with Gasteiger partial charge in [-0.2, -0.15) is 0 Å². The van der Waals surface area contributed by atoms with E-state index in [-0.39, 0.29) is 0 Å². The molecule has 0 bridgehead atoms. The Hall–Kier alpha value is -1.91. The highest BCUT2D eigenvalue weighted by Gasteiger charge is 2.04. The Bertz CT molecular complexity index is 401. The van der Waals surface area contributed by atoms with Gasteiger partial charge in [0.25, 0.3) is 5.91 Å². The van der Waals surface area contributed by atoms with E-state index in [1.807, 2.05) is 0 Å². The van der Waals surface area contributed by atoms with E-state index in [0.29, 0.717) is 16.7 Å². The van der Waals surface area contributed by atoms with Gasteiger partial charge in [0.15, 0.2) is 0 Å². The molecule has 2 aromatic heterocycles. The van der Waals surface area contributed by atoms with E-state index < -0.39 is 5.91 Å². The summed E-state index contributed by atoms with van der Waals surface area (Å²) in [7, 11) is 0. The predicted octanol–water partition coefficient (Wildman–Crippen LogP) is 0.0568. The van der Waals surface area contributed by atoms with Crippen LogP contribution >= 0.6 is 0 Å². The molecule has 2 heterocycles. The van der Waals surface area contributed by atoms with E-state index in [1.54, 1.807) is 12.3 Å². The molecule has 0 atom stereocenters. The van der Waals surface area contributed by atoms with Gasteiger partial charge in [-0.25, -0.2) is 9.97 Å². The molecule has 3 N–H and O–H groups in total. The summed E-state index contributed by atoms with van der Waals surface area (Å²) in [5.41, 5.74) is 6.82. The van der Waals surface area contributed by atoms with Crippen LogP contribution in [0.2, 0.25) is 0 Å². The first-order valence-corrected chi connectivity index (χ1v) is 3.36. The van der Waals surface area contributed by atoms with E-state index >= 15 is 0 Å². The molecule has 12 heavy (non-hydrogen) atoms. The average molecular weight is 162 g/mol. The van der Waals surface area contributed by atoms with Crippen molar-refractivity contribution in [2.24, 2.45) is 5.73 Å². The number of aromatic nitrogens is 3. The molecular weight excluding hydrogens is 156 g/mol. The lowest BCUT2D eigenvalue weighted by molar-refractivity contribution is 0.0996. The third-order valence-corrected chi connectivity index (χ3v) is 1.56. The first kappa shape index (κ1) is 6.78. The summed E-state index contributed by atoms with van der Waals surface area (Å²) in [5.74, 6) is -0.493. The van der Waals surface area contributed by atoms with Crippen LogP contribution in [-0.2, 0) is 0 Å². The smallest absolute Gasteiger partial charge is 0.265 e. The quantitative estimate of drug-likeness (QED) is 0.621. The van der Waals surface area contributed by atoms with E-state index in [4.69, 9.17) is 5.73 Å². The molecular formula is C7H6N4O. The minimum atomic E-state index is -0.493. The van der Waals surface area contributed by atoms with E-state index in [1.165, 1.54) is 6.33 Å². The Morgan fingerprint density at radius 2 is 2.42 bits per heavy atom. The number of aromatic amines is 1. The van der Waals surface area contributed by atoms with Gasteiger partial charge < -0.3 is 10.7 Å². The predicted molar refractivity (Wildman–Crippen MR) is 42.4 cm³/mol. The highest BCUT2D eigenvalue weighted by molar-refractivity contribution is 5.95.